The minimum atomic E-state index is -0.458. The number of amidine groups is 1. The molecule has 4 rings (SSSR count). The molecule has 3 heteroatoms. The first kappa shape index (κ1) is 16.1. The molecular weight excluding hydrogens is 306 g/mol. The molecule has 0 amide bonds. The highest BCUT2D eigenvalue weighted by Crippen LogP contribution is 2.29. The molecule has 1 saturated carbocycles. The molecule has 1 heterocycles. The van der Waals surface area contributed by atoms with Gasteiger partial charge in [0, 0.05) is 5.56 Å². The van der Waals surface area contributed by atoms with Gasteiger partial charge < -0.3 is 5.32 Å². The van der Waals surface area contributed by atoms with Gasteiger partial charge in [0.05, 0.1) is 6.04 Å². The average Bonchev–Trinajstić information content (AvgIpc) is 3.02. The largest absolute Gasteiger partial charge is 0.341 e. The molecule has 1 unspecified atom stereocenters. The van der Waals surface area contributed by atoms with Crippen molar-refractivity contribution in [3.63, 3.8) is 0 Å². The van der Waals surface area contributed by atoms with E-state index in [-0.39, 0.29) is 0 Å². The highest BCUT2D eigenvalue weighted by atomic mass is 15.2. The zero-order chi connectivity index (χ0) is 17.1. The topological polar surface area (TPSA) is 36.8 Å². The number of hydrogen-bond donors (Lipinski definition) is 1. The predicted molar refractivity (Wildman–Crippen MR) is 104 cm³/mol. The van der Waals surface area contributed by atoms with E-state index in [1.54, 1.807) is 0 Å². The molecule has 1 N–H and O–H groups in total. The van der Waals surface area contributed by atoms with Gasteiger partial charge in [-0.2, -0.15) is 0 Å². The average molecular weight is 331 g/mol. The lowest BCUT2D eigenvalue weighted by molar-refractivity contribution is 0.438. The predicted octanol–water partition coefficient (Wildman–Crippen LogP) is 4.68. The van der Waals surface area contributed by atoms with Crippen molar-refractivity contribution in [2.75, 3.05) is 0 Å². The molecule has 1 aliphatic carbocycles. The van der Waals surface area contributed by atoms with Crippen molar-refractivity contribution in [1.82, 2.24) is 5.32 Å². The Labute approximate surface area is 149 Å². The Morgan fingerprint density at radius 2 is 1.56 bits per heavy atom. The van der Waals surface area contributed by atoms with Crippen LogP contribution < -0.4 is 5.32 Å². The maximum Gasteiger partial charge on any atom is 0.154 e. The van der Waals surface area contributed by atoms with Gasteiger partial charge in [-0.1, -0.05) is 79.9 Å². The second kappa shape index (κ2) is 6.83. The molecule has 1 fully saturated rings. The first-order chi connectivity index (χ1) is 12.2. The van der Waals surface area contributed by atoms with Gasteiger partial charge in [-0.15, -0.1) is 0 Å². The molecule has 128 valence electrons. The Balaban J connectivity index is 1.73. The van der Waals surface area contributed by atoms with Crippen LogP contribution in [0.5, 0.6) is 0 Å². The van der Waals surface area contributed by atoms with Gasteiger partial charge in [-0.05, 0) is 25.3 Å². The molecule has 0 radical (unpaired) electrons. The normalized spacial score (nSPS) is 25.6. The summed E-state index contributed by atoms with van der Waals surface area (Å²) in [5.41, 5.74) is 2.82. The van der Waals surface area contributed by atoms with Gasteiger partial charge in [-0.25, -0.2) is 4.99 Å². The van der Waals surface area contributed by atoms with Crippen LogP contribution in [0.1, 0.15) is 50.2 Å². The Hall–Kier alpha value is -2.42. The Morgan fingerprint density at radius 1 is 0.920 bits per heavy atom. The minimum absolute atomic E-state index is 0.420. The van der Waals surface area contributed by atoms with E-state index in [9.17, 15) is 0 Å². The summed E-state index contributed by atoms with van der Waals surface area (Å²) in [5.74, 6) is 0.949. The van der Waals surface area contributed by atoms with E-state index in [2.05, 4.69) is 60.8 Å². The summed E-state index contributed by atoms with van der Waals surface area (Å²) >= 11 is 0. The third kappa shape index (κ3) is 3.37. The number of rotatable bonds is 3. The lowest BCUT2D eigenvalue weighted by Crippen LogP contribution is -2.38. The first-order valence-electron chi connectivity index (χ1n) is 9.32. The van der Waals surface area contributed by atoms with E-state index in [0.29, 0.717) is 6.04 Å². The lowest BCUT2D eigenvalue weighted by Gasteiger charge is -2.23. The smallest absolute Gasteiger partial charge is 0.154 e. The Kier molecular flexibility index (Phi) is 4.39. The summed E-state index contributed by atoms with van der Waals surface area (Å²) in [6.07, 6.45) is 6.30. The van der Waals surface area contributed by atoms with Crippen LogP contribution in [-0.2, 0) is 5.66 Å². The van der Waals surface area contributed by atoms with Crippen LogP contribution in [0.2, 0.25) is 0 Å². The maximum atomic E-state index is 5.09. The fraction of sp³-hybridized carbons (Fsp3) is 0.364. The standard InChI is InChI=1S/C22H25N3/c1-22(18-13-7-3-8-14-18)24-20(17-11-5-2-6-12-17)21(25-22)23-19-15-9-4-10-16-19/h2-3,5-8,11-14,19H,4,9-10,15-16H2,1H3,(H,23,25). The highest BCUT2D eigenvalue weighted by molar-refractivity contribution is 6.49. The van der Waals surface area contributed by atoms with Crippen LogP contribution in [-0.4, -0.2) is 17.6 Å². The maximum absolute atomic E-state index is 5.09. The van der Waals surface area contributed by atoms with Crippen molar-refractivity contribution in [2.45, 2.75) is 50.7 Å². The van der Waals surface area contributed by atoms with Crippen LogP contribution in [0.4, 0.5) is 0 Å². The molecule has 25 heavy (non-hydrogen) atoms. The zero-order valence-electron chi connectivity index (χ0n) is 14.8. The van der Waals surface area contributed by atoms with Crippen LogP contribution in [0, 0.1) is 0 Å². The zero-order valence-corrected chi connectivity index (χ0v) is 14.8. The highest BCUT2D eigenvalue weighted by Gasteiger charge is 2.36. The summed E-state index contributed by atoms with van der Waals surface area (Å²) in [5, 5.41) is 3.63. The van der Waals surface area contributed by atoms with Crippen molar-refractivity contribution in [3.8, 4) is 0 Å². The quantitative estimate of drug-likeness (QED) is 0.871. The molecule has 2 aliphatic rings. The molecule has 0 bridgehead atoms. The van der Waals surface area contributed by atoms with Gasteiger partial charge in [-0.3, -0.25) is 4.99 Å². The van der Waals surface area contributed by atoms with E-state index in [1.165, 1.54) is 32.1 Å². The summed E-state index contributed by atoms with van der Waals surface area (Å²) in [4.78, 5) is 10.2. The molecule has 2 aromatic rings. The monoisotopic (exact) mass is 331 g/mol. The molecule has 0 saturated heterocycles. The second-order valence-electron chi connectivity index (χ2n) is 7.16. The van der Waals surface area contributed by atoms with E-state index in [1.807, 2.05) is 12.1 Å². The summed E-state index contributed by atoms with van der Waals surface area (Å²) in [6.45, 7) is 2.13. The van der Waals surface area contributed by atoms with Crippen LogP contribution in [0.3, 0.4) is 0 Å². The SMILES string of the molecule is CC1(c2ccccc2)N=C(c2ccccc2)C(=NC2CCCCC2)N1. The summed E-state index contributed by atoms with van der Waals surface area (Å²) in [7, 11) is 0. The van der Waals surface area contributed by atoms with Crippen molar-refractivity contribution >= 4 is 11.5 Å². The lowest BCUT2D eigenvalue weighted by atomic mass is 9.96. The molecule has 3 nitrogen and oxygen atoms in total. The van der Waals surface area contributed by atoms with E-state index in [4.69, 9.17) is 9.98 Å². The van der Waals surface area contributed by atoms with Gasteiger partial charge >= 0.3 is 0 Å². The number of benzene rings is 2. The fourth-order valence-corrected chi connectivity index (χ4v) is 3.78. The van der Waals surface area contributed by atoms with Gasteiger partial charge in [0.15, 0.2) is 5.66 Å². The molecular formula is C22H25N3. The number of aliphatic imine (C=N–C) groups is 2. The van der Waals surface area contributed by atoms with Crippen molar-refractivity contribution in [1.29, 1.82) is 0 Å². The molecule has 1 atom stereocenters. The van der Waals surface area contributed by atoms with Crippen LogP contribution in [0.15, 0.2) is 70.6 Å². The van der Waals surface area contributed by atoms with Crippen LogP contribution in [0.25, 0.3) is 0 Å². The Bertz CT molecular complexity index is 773. The van der Waals surface area contributed by atoms with Crippen molar-refractivity contribution < 1.29 is 0 Å². The van der Waals surface area contributed by atoms with E-state index < -0.39 is 5.66 Å². The molecule has 1 aliphatic heterocycles. The van der Waals surface area contributed by atoms with E-state index >= 15 is 0 Å². The summed E-state index contributed by atoms with van der Waals surface area (Å²) in [6, 6.07) is 21.3. The van der Waals surface area contributed by atoms with Gasteiger partial charge in [0.1, 0.15) is 11.5 Å². The van der Waals surface area contributed by atoms with Gasteiger partial charge in [0.25, 0.3) is 0 Å². The Morgan fingerprint density at radius 3 is 2.24 bits per heavy atom. The molecule has 2 aromatic carbocycles. The van der Waals surface area contributed by atoms with Crippen molar-refractivity contribution in [2.24, 2.45) is 9.98 Å². The van der Waals surface area contributed by atoms with Crippen LogP contribution >= 0.6 is 0 Å². The summed E-state index contributed by atoms with van der Waals surface area (Å²) < 4.78 is 0. The number of hydrogen-bond acceptors (Lipinski definition) is 2. The minimum Gasteiger partial charge on any atom is -0.341 e. The fourth-order valence-electron chi connectivity index (χ4n) is 3.78. The second-order valence-corrected chi connectivity index (χ2v) is 7.16. The third-order valence-electron chi connectivity index (χ3n) is 5.19. The number of nitrogens with one attached hydrogen (secondary N) is 1. The number of nitrogens with zero attached hydrogens (tertiary/aromatic N) is 2. The van der Waals surface area contributed by atoms with Crippen molar-refractivity contribution in [3.05, 3.63) is 71.8 Å². The van der Waals surface area contributed by atoms with Gasteiger partial charge in [0.2, 0.25) is 0 Å². The van der Waals surface area contributed by atoms with E-state index in [0.717, 1.165) is 22.7 Å². The third-order valence-corrected chi connectivity index (χ3v) is 5.19. The first-order valence-corrected chi connectivity index (χ1v) is 9.32. The molecule has 0 spiro atoms. The molecule has 0 aromatic heterocycles.